The van der Waals surface area contributed by atoms with Gasteiger partial charge in [-0.25, -0.2) is 9.78 Å². The van der Waals surface area contributed by atoms with Crippen LogP contribution in [0.2, 0.25) is 0 Å². The Bertz CT molecular complexity index is 645. The topological polar surface area (TPSA) is 193 Å². The lowest BCUT2D eigenvalue weighted by molar-refractivity contribution is -0.142. The van der Waals surface area contributed by atoms with Crippen molar-refractivity contribution in [1.82, 2.24) is 20.6 Å². The molecule has 0 aliphatic rings. The molecule has 3 unspecified atom stereocenters. The van der Waals surface area contributed by atoms with Crippen molar-refractivity contribution in [2.45, 2.75) is 44.8 Å². The van der Waals surface area contributed by atoms with Crippen molar-refractivity contribution in [3.63, 3.8) is 0 Å². The molecule has 0 aliphatic heterocycles. The molecule has 26 heavy (non-hydrogen) atoms. The summed E-state index contributed by atoms with van der Waals surface area (Å²) in [5.41, 5.74) is 11.3. The zero-order valence-electron chi connectivity index (χ0n) is 14.6. The molecule has 0 aliphatic carbocycles. The second kappa shape index (κ2) is 9.51. The number of carbonyl (C=O) groups is 4. The average Bonchev–Trinajstić information content (AvgIpc) is 3.04. The SMILES string of the molecule is CC(C)C(N)C(=O)NC(CC(N)=O)C(=O)NC(Cc1cnc[nH]1)C(=O)O. The number of amides is 3. The van der Waals surface area contributed by atoms with E-state index in [0.717, 1.165) is 0 Å². The number of aromatic amines is 1. The smallest absolute Gasteiger partial charge is 0.326 e. The molecule has 11 heteroatoms. The highest BCUT2D eigenvalue weighted by molar-refractivity contribution is 5.94. The summed E-state index contributed by atoms with van der Waals surface area (Å²) >= 11 is 0. The molecular formula is C15H24N6O5. The van der Waals surface area contributed by atoms with Gasteiger partial charge in [0.05, 0.1) is 18.8 Å². The Kier molecular flexibility index (Phi) is 7.72. The summed E-state index contributed by atoms with van der Waals surface area (Å²) in [5, 5.41) is 13.9. The number of rotatable bonds is 10. The van der Waals surface area contributed by atoms with Gasteiger partial charge in [-0.05, 0) is 5.92 Å². The molecule has 8 N–H and O–H groups in total. The van der Waals surface area contributed by atoms with Crippen molar-refractivity contribution in [1.29, 1.82) is 0 Å². The van der Waals surface area contributed by atoms with E-state index in [0.29, 0.717) is 5.69 Å². The summed E-state index contributed by atoms with van der Waals surface area (Å²) in [5.74, 6) is -3.79. The molecule has 1 rings (SSSR count). The molecular weight excluding hydrogens is 344 g/mol. The average molecular weight is 368 g/mol. The standard InChI is InChI=1S/C15H24N6O5/c1-7(2)12(17)14(24)20-9(4-11(16)22)13(23)21-10(15(25)26)3-8-5-18-6-19-8/h5-7,9-10,12H,3-4,17H2,1-2H3,(H2,16,22)(H,18,19)(H,20,24)(H,21,23)(H,25,26). The highest BCUT2D eigenvalue weighted by atomic mass is 16.4. The predicted octanol–water partition coefficient (Wildman–Crippen LogP) is -2.13. The first kappa shape index (κ1) is 21.1. The van der Waals surface area contributed by atoms with Gasteiger partial charge in [-0.3, -0.25) is 14.4 Å². The monoisotopic (exact) mass is 368 g/mol. The molecule has 1 heterocycles. The first-order valence-corrected chi connectivity index (χ1v) is 7.96. The first-order chi connectivity index (χ1) is 12.1. The molecule has 3 amide bonds. The molecule has 1 aromatic rings. The maximum Gasteiger partial charge on any atom is 0.326 e. The second-order valence-electron chi connectivity index (χ2n) is 6.18. The fourth-order valence-corrected chi connectivity index (χ4v) is 2.07. The van der Waals surface area contributed by atoms with E-state index in [1.807, 2.05) is 0 Å². The molecule has 0 saturated heterocycles. The van der Waals surface area contributed by atoms with Gasteiger partial charge < -0.3 is 32.2 Å². The number of H-pyrrole nitrogens is 1. The Balaban J connectivity index is 2.84. The van der Waals surface area contributed by atoms with Crippen LogP contribution in [0.1, 0.15) is 26.0 Å². The van der Waals surface area contributed by atoms with Crippen molar-refractivity contribution in [3.8, 4) is 0 Å². The van der Waals surface area contributed by atoms with Crippen LogP contribution in [0.25, 0.3) is 0 Å². The number of nitrogens with one attached hydrogen (secondary N) is 3. The van der Waals surface area contributed by atoms with Gasteiger partial charge in [0.25, 0.3) is 0 Å². The number of carboxylic acid groups (broad SMARTS) is 1. The summed E-state index contributed by atoms with van der Waals surface area (Å²) in [7, 11) is 0. The number of nitrogens with two attached hydrogens (primary N) is 2. The lowest BCUT2D eigenvalue weighted by Gasteiger charge is -2.23. The number of hydrogen-bond acceptors (Lipinski definition) is 6. The van der Waals surface area contributed by atoms with E-state index in [1.54, 1.807) is 13.8 Å². The van der Waals surface area contributed by atoms with Crippen LogP contribution in [0, 0.1) is 5.92 Å². The lowest BCUT2D eigenvalue weighted by Crippen LogP contribution is -2.56. The molecule has 0 fully saturated rings. The van der Waals surface area contributed by atoms with Gasteiger partial charge in [0.2, 0.25) is 17.7 Å². The van der Waals surface area contributed by atoms with Crippen molar-refractivity contribution < 1.29 is 24.3 Å². The minimum atomic E-state index is -1.33. The van der Waals surface area contributed by atoms with Gasteiger partial charge in [0.1, 0.15) is 12.1 Å². The Morgan fingerprint density at radius 2 is 1.81 bits per heavy atom. The van der Waals surface area contributed by atoms with E-state index in [2.05, 4.69) is 20.6 Å². The number of primary amides is 1. The molecule has 0 bridgehead atoms. The van der Waals surface area contributed by atoms with Gasteiger partial charge in [-0.15, -0.1) is 0 Å². The number of carbonyl (C=O) groups excluding carboxylic acids is 3. The molecule has 0 radical (unpaired) electrons. The lowest BCUT2D eigenvalue weighted by atomic mass is 10.0. The van der Waals surface area contributed by atoms with Crippen molar-refractivity contribution in [2.75, 3.05) is 0 Å². The highest BCUT2D eigenvalue weighted by Crippen LogP contribution is 2.03. The van der Waals surface area contributed by atoms with E-state index in [9.17, 15) is 24.3 Å². The van der Waals surface area contributed by atoms with Gasteiger partial charge in [0.15, 0.2) is 0 Å². The van der Waals surface area contributed by atoms with Crippen molar-refractivity contribution in [3.05, 3.63) is 18.2 Å². The van der Waals surface area contributed by atoms with Crippen molar-refractivity contribution >= 4 is 23.7 Å². The van der Waals surface area contributed by atoms with E-state index < -0.39 is 48.2 Å². The Morgan fingerprint density at radius 3 is 2.27 bits per heavy atom. The maximum atomic E-state index is 12.4. The third kappa shape index (κ3) is 6.51. The molecule has 0 spiro atoms. The number of imidazole rings is 1. The highest BCUT2D eigenvalue weighted by Gasteiger charge is 2.30. The van der Waals surface area contributed by atoms with Gasteiger partial charge in [-0.2, -0.15) is 0 Å². The van der Waals surface area contributed by atoms with E-state index in [1.165, 1.54) is 12.5 Å². The number of aromatic nitrogens is 2. The Hall–Kier alpha value is -2.95. The molecule has 11 nitrogen and oxygen atoms in total. The van der Waals surface area contributed by atoms with Crippen LogP contribution in [0.15, 0.2) is 12.5 Å². The second-order valence-corrected chi connectivity index (χ2v) is 6.18. The normalized spacial score (nSPS) is 14.3. The largest absolute Gasteiger partial charge is 0.480 e. The molecule has 0 saturated carbocycles. The summed E-state index contributed by atoms with van der Waals surface area (Å²) in [6.45, 7) is 3.44. The number of hydrogen-bond donors (Lipinski definition) is 6. The summed E-state index contributed by atoms with van der Waals surface area (Å²) in [6, 6.07) is -3.50. The van der Waals surface area contributed by atoms with Crippen LogP contribution in [0.3, 0.4) is 0 Å². The van der Waals surface area contributed by atoms with Crippen LogP contribution in [-0.2, 0) is 25.6 Å². The zero-order valence-corrected chi connectivity index (χ0v) is 14.6. The van der Waals surface area contributed by atoms with Crippen LogP contribution in [-0.4, -0.2) is 56.9 Å². The predicted molar refractivity (Wildman–Crippen MR) is 90.4 cm³/mol. The zero-order chi connectivity index (χ0) is 19.9. The van der Waals surface area contributed by atoms with Gasteiger partial charge in [-0.1, -0.05) is 13.8 Å². The first-order valence-electron chi connectivity index (χ1n) is 7.96. The van der Waals surface area contributed by atoms with Crippen LogP contribution in [0.5, 0.6) is 0 Å². The van der Waals surface area contributed by atoms with Gasteiger partial charge >= 0.3 is 5.97 Å². The Labute approximate surface area is 149 Å². The minimum absolute atomic E-state index is 0.0518. The molecule has 0 aromatic carbocycles. The molecule has 3 atom stereocenters. The van der Waals surface area contributed by atoms with Gasteiger partial charge in [0, 0.05) is 18.3 Å². The minimum Gasteiger partial charge on any atom is -0.480 e. The summed E-state index contributed by atoms with van der Waals surface area (Å²) in [6.07, 6.45) is 2.26. The van der Waals surface area contributed by atoms with Crippen molar-refractivity contribution in [2.24, 2.45) is 17.4 Å². The summed E-state index contributed by atoms with van der Waals surface area (Å²) in [4.78, 5) is 53.5. The Morgan fingerprint density at radius 1 is 1.19 bits per heavy atom. The fourth-order valence-electron chi connectivity index (χ4n) is 2.07. The maximum absolute atomic E-state index is 12.4. The molecule has 144 valence electrons. The number of nitrogens with zero attached hydrogens (tertiary/aromatic N) is 1. The van der Waals surface area contributed by atoms with Crippen LogP contribution in [0.4, 0.5) is 0 Å². The van der Waals surface area contributed by atoms with Crippen LogP contribution >= 0.6 is 0 Å². The van der Waals surface area contributed by atoms with E-state index in [-0.39, 0.29) is 12.3 Å². The molecule has 1 aromatic heterocycles. The third-order valence-electron chi connectivity index (χ3n) is 3.65. The van der Waals surface area contributed by atoms with E-state index in [4.69, 9.17) is 11.5 Å². The van der Waals surface area contributed by atoms with E-state index >= 15 is 0 Å². The summed E-state index contributed by atoms with van der Waals surface area (Å²) < 4.78 is 0. The van der Waals surface area contributed by atoms with Crippen LogP contribution < -0.4 is 22.1 Å². The quantitative estimate of drug-likeness (QED) is 0.271. The third-order valence-corrected chi connectivity index (χ3v) is 3.65. The fraction of sp³-hybridized carbons (Fsp3) is 0.533. The number of carboxylic acids is 1. The number of aliphatic carboxylic acids is 1.